The van der Waals surface area contributed by atoms with Crippen LogP contribution in [-0.2, 0) is 0 Å². The minimum Gasteiger partial charge on any atom is -0.369 e. The van der Waals surface area contributed by atoms with E-state index in [1.54, 1.807) is 0 Å². The van der Waals surface area contributed by atoms with Crippen LogP contribution in [0.2, 0.25) is 0 Å². The van der Waals surface area contributed by atoms with Crippen LogP contribution in [0.4, 0.5) is 0 Å². The predicted molar refractivity (Wildman–Crippen MR) is 36.4 cm³/mol. The van der Waals surface area contributed by atoms with Crippen LogP contribution in [-0.4, -0.2) is 29.5 Å². The van der Waals surface area contributed by atoms with Crippen molar-refractivity contribution in [3.63, 3.8) is 0 Å². The van der Waals surface area contributed by atoms with Crippen LogP contribution in [0, 0.1) is 4.91 Å². The van der Waals surface area contributed by atoms with Crippen molar-refractivity contribution in [2.24, 2.45) is 11.1 Å². The number of aliphatic hydroxyl groups excluding tert-OH is 1. The molecule has 0 saturated carbocycles. The molecule has 0 aromatic carbocycles. The van der Waals surface area contributed by atoms with E-state index >= 15 is 0 Å². The molecule has 0 fully saturated rings. The van der Waals surface area contributed by atoms with E-state index in [1.165, 1.54) is 0 Å². The molecule has 0 saturated heterocycles. The van der Waals surface area contributed by atoms with Crippen molar-refractivity contribution in [1.82, 2.24) is 10.4 Å². The van der Waals surface area contributed by atoms with Gasteiger partial charge in [0, 0.05) is 6.54 Å². The Morgan fingerprint density at radius 3 is 2.90 bits per heavy atom. The van der Waals surface area contributed by atoms with E-state index in [9.17, 15) is 4.91 Å². The maximum absolute atomic E-state index is 9.67. The number of nitroso groups, excluding NO2 is 1. The zero-order chi connectivity index (χ0) is 7.98. The van der Waals surface area contributed by atoms with E-state index in [0.717, 1.165) is 0 Å². The number of aliphatic hydroxyl groups is 1. The zero-order valence-corrected chi connectivity index (χ0v) is 5.82. The minimum absolute atomic E-state index is 0.235. The lowest BCUT2D eigenvalue weighted by Crippen LogP contribution is -2.42. The molecular weight excluding hydrogens is 136 g/mol. The lowest BCUT2D eigenvalue weighted by atomic mass is 10.5. The standard InChI is InChI=1S/C4H12N4O2/c1-2-6-3-4(9)8(5)7-10/h4,6,9H,2-3,5H2,1H3. The fourth-order valence-electron chi connectivity index (χ4n) is 0.421. The number of hydrazine groups is 1. The minimum atomic E-state index is -1.04. The van der Waals surface area contributed by atoms with Crippen LogP contribution in [0.25, 0.3) is 0 Å². The molecule has 0 spiro atoms. The number of rotatable bonds is 5. The molecule has 10 heavy (non-hydrogen) atoms. The molecule has 0 aromatic heterocycles. The van der Waals surface area contributed by atoms with Gasteiger partial charge >= 0.3 is 0 Å². The van der Waals surface area contributed by atoms with Crippen molar-refractivity contribution < 1.29 is 5.11 Å². The Bertz CT molecular complexity index is 99.3. The normalized spacial score (nSPS) is 12.7. The number of likely N-dealkylation sites (N-methyl/N-ethyl adjacent to an activating group) is 1. The first kappa shape index (κ1) is 9.28. The first-order valence-corrected chi connectivity index (χ1v) is 2.98. The van der Waals surface area contributed by atoms with E-state index in [2.05, 4.69) is 10.6 Å². The largest absolute Gasteiger partial charge is 0.369 e. The molecule has 0 amide bonds. The third-order valence-corrected chi connectivity index (χ3v) is 0.977. The molecule has 0 aliphatic rings. The Kier molecular flexibility index (Phi) is 4.73. The van der Waals surface area contributed by atoms with Crippen LogP contribution in [0.15, 0.2) is 5.29 Å². The van der Waals surface area contributed by atoms with Gasteiger partial charge < -0.3 is 10.4 Å². The van der Waals surface area contributed by atoms with Gasteiger partial charge in [-0.2, -0.15) is 5.12 Å². The summed E-state index contributed by atoms with van der Waals surface area (Å²) < 4.78 is 0. The maximum Gasteiger partial charge on any atom is 0.174 e. The molecule has 4 N–H and O–H groups in total. The second-order valence-corrected chi connectivity index (χ2v) is 1.75. The fourth-order valence-corrected chi connectivity index (χ4v) is 0.421. The van der Waals surface area contributed by atoms with Gasteiger partial charge in [-0.3, -0.25) is 0 Å². The summed E-state index contributed by atoms with van der Waals surface area (Å²) in [6.07, 6.45) is -1.04. The summed E-state index contributed by atoms with van der Waals surface area (Å²) in [5.41, 5.74) is 0. The molecule has 1 unspecified atom stereocenters. The van der Waals surface area contributed by atoms with Crippen LogP contribution in [0.3, 0.4) is 0 Å². The second kappa shape index (κ2) is 5.10. The van der Waals surface area contributed by atoms with Crippen molar-refractivity contribution in [3.8, 4) is 0 Å². The van der Waals surface area contributed by atoms with Crippen LogP contribution >= 0.6 is 0 Å². The number of nitrogens with zero attached hydrogens (tertiary/aromatic N) is 2. The van der Waals surface area contributed by atoms with Gasteiger partial charge in [0.15, 0.2) is 6.23 Å². The Morgan fingerprint density at radius 2 is 2.50 bits per heavy atom. The molecule has 0 heterocycles. The number of hydrogen-bond donors (Lipinski definition) is 3. The van der Waals surface area contributed by atoms with Crippen molar-refractivity contribution in [1.29, 1.82) is 0 Å². The highest BCUT2D eigenvalue weighted by atomic mass is 16.4. The van der Waals surface area contributed by atoms with Gasteiger partial charge in [-0.05, 0) is 6.54 Å². The smallest absolute Gasteiger partial charge is 0.174 e. The monoisotopic (exact) mass is 148 g/mol. The SMILES string of the molecule is CCNCC(O)N(N)N=O. The Morgan fingerprint density at radius 1 is 1.90 bits per heavy atom. The zero-order valence-electron chi connectivity index (χ0n) is 5.82. The Balaban J connectivity index is 3.40. The van der Waals surface area contributed by atoms with Crippen molar-refractivity contribution in [3.05, 3.63) is 4.91 Å². The molecule has 0 aliphatic carbocycles. The summed E-state index contributed by atoms with van der Waals surface area (Å²) in [5, 5.41) is 14.5. The average molecular weight is 148 g/mol. The Hall–Kier alpha value is -0.720. The molecule has 6 heteroatoms. The van der Waals surface area contributed by atoms with E-state index in [4.69, 9.17) is 10.9 Å². The van der Waals surface area contributed by atoms with Gasteiger partial charge in [0.25, 0.3) is 0 Å². The second-order valence-electron chi connectivity index (χ2n) is 1.75. The highest BCUT2D eigenvalue weighted by molar-refractivity contribution is 4.52. The molecule has 60 valence electrons. The lowest BCUT2D eigenvalue weighted by Gasteiger charge is -2.15. The van der Waals surface area contributed by atoms with E-state index in [0.29, 0.717) is 11.7 Å². The molecule has 6 nitrogen and oxygen atoms in total. The summed E-state index contributed by atoms with van der Waals surface area (Å²) in [7, 11) is 0. The topological polar surface area (TPSA) is 90.9 Å². The van der Waals surface area contributed by atoms with Crippen LogP contribution < -0.4 is 11.2 Å². The summed E-state index contributed by atoms with van der Waals surface area (Å²) in [5.74, 6) is 4.92. The molecule has 0 aliphatic heterocycles. The number of hydrogen-bond acceptors (Lipinski definition) is 5. The fraction of sp³-hybridized carbons (Fsp3) is 1.00. The van der Waals surface area contributed by atoms with Crippen molar-refractivity contribution in [2.75, 3.05) is 13.1 Å². The van der Waals surface area contributed by atoms with E-state index < -0.39 is 6.23 Å². The third-order valence-electron chi connectivity index (χ3n) is 0.977. The molecule has 0 bridgehead atoms. The Labute approximate surface area is 58.9 Å². The van der Waals surface area contributed by atoms with Gasteiger partial charge in [-0.15, -0.1) is 4.91 Å². The summed E-state index contributed by atoms with van der Waals surface area (Å²) >= 11 is 0. The molecule has 0 aromatic rings. The third kappa shape index (κ3) is 3.33. The summed E-state index contributed by atoms with van der Waals surface area (Å²) in [4.78, 5) is 9.67. The lowest BCUT2D eigenvalue weighted by molar-refractivity contribution is 0.00440. The summed E-state index contributed by atoms with van der Waals surface area (Å²) in [6, 6.07) is 0. The van der Waals surface area contributed by atoms with Crippen LogP contribution in [0.5, 0.6) is 0 Å². The number of nitrogens with two attached hydrogens (primary N) is 1. The molecular formula is C4H12N4O2. The van der Waals surface area contributed by atoms with Gasteiger partial charge in [0.05, 0.1) is 5.29 Å². The van der Waals surface area contributed by atoms with Gasteiger partial charge in [-0.1, -0.05) is 6.92 Å². The molecule has 0 rings (SSSR count). The van der Waals surface area contributed by atoms with E-state index in [-0.39, 0.29) is 6.54 Å². The summed E-state index contributed by atoms with van der Waals surface area (Å²) in [6.45, 7) is 2.82. The highest BCUT2D eigenvalue weighted by Crippen LogP contribution is 1.85. The average Bonchev–Trinajstić information content (AvgIpc) is 1.98. The molecule has 0 radical (unpaired) electrons. The van der Waals surface area contributed by atoms with Crippen molar-refractivity contribution >= 4 is 0 Å². The van der Waals surface area contributed by atoms with Crippen molar-refractivity contribution in [2.45, 2.75) is 13.2 Å². The number of nitrogens with one attached hydrogen (secondary N) is 1. The van der Waals surface area contributed by atoms with Gasteiger partial charge in [0.2, 0.25) is 0 Å². The predicted octanol–water partition coefficient (Wildman–Crippen LogP) is -1.23. The molecule has 1 atom stereocenters. The quantitative estimate of drug-likeness (QED) is 0.196. The van der Waals surface area contributed by atoms with Gasteiger partial charge in [-0.25, -0.2) is 5.84 Å². The highest BCUT2D eigenvalue weighted by Gasteiger charge is 2.08. The first-order chi connectivity index (χ1) is 4.72. The maximum atomic E-state index is 9.67. The van der Waals surface area contributed by atoms with Gasteiger partial charge in [0.1, 0.15) is 0 Å². The first-order valence-electron chi connectivity index (χ1n) is 2.98. The van der Waals surface area contributed by atoms with Crippen LogP contribution in [0.1, 0.15) is 6.92 Å². The van der Waals surface area contributed by atoms with E-state index in [1.807, 2.05) is 6.92 Å².